The Morgan fingerprint density at radius 3 is 2.95 bits per heavy atom. The maximum absolute atomic E-state index is 12.2. The quantitative estimate of drug-likeness (QED) is 0.804. The summed E-state index contributed by atoms with van der Waals surface area (Å²) in [4.78, 5) is 14.2. The molecule has 0 amide bonds. The molecule has 1 fully saturated rings. The Kier molecular flexibility index (Phi) is 4.98. The second-order valence-electron chi connectivity index (χ2n) is 5.08. The number of carbonyl (C=O) groups is 1. The van der Waals surface area contributed by atoms with Crippen molar-refractivity contribution in [2.45, 2.75) is 25.9 Å². The second-order valence-corrected chi connectivity index (χ2v) is 5.08. The summed E-state index contributed by atoms with van der Waals surface area (Å²) in [5, 5.41) is 18.9. The van der Waals surface area contributed by atoms with Crippen molar-refractivity contribution in [2.75, 3.05) is 26.2 Å². The molecule has 1 atom stereocenters. The van der Waals surface area contributed by atoms with Crippen molar-refractivity contribution in [3.05, 3.63) is 23.8 Å². The first kappa shape index (κ1) is 14.8. The van der Waals surface area contributed by atoms with Crippen LogP contribution in [0.3, 0.4) is 0 Å². The largest absolute Gasteiger partial charge is 0.508 e. The number of carbonyl (C=O) groups excluding carboxylic acids is 1. The summed E-state index contributed by atoms with van der Waals surface area (Å²) < 4.78 is 5.60. The van der Waals surface area contributed by atoms with Crippen LogP contribution >= 0.6 is 0 Å². The summed E-state index contributed by atoms with van der Waals surface area (Å²) >= 11 is 0. The SMILES string of the molecule is CCOC1CCCN(CC(=O)c2ccc(O)cc2O)C1. The number of hydrogen-bond acceptors (Lipinski definition) is 5. The molecular formula is C15H21NO4. The van der Waals surface area contributed by atoms with Crippen LogP contribution in [0.15, 0.2) is 18.2 Å². The van der Waals surface area contributed by atoms with Gasteiger partial charge in [0.05, 0.1) is 18.2 Å². The van der Waals surface area contributed by atoms with E-state index in [1.165, 1.54) is 18.2 Å². The molecule has 1 aliphatic heterocycles. The number of ketones is 1. The zero-order valence-electron chi connectivity index (χ0n) is 11.7. The first-order chi connectivity index (χ1) is 9.60. The monoisotopic (exact) mass is 279 g/mol. The number of hydrogen-bond donors (Lipinski definition) is 2. The van der Waals surface area contributed by atoms with E-state index < -0.39 is 0 Å². The van der Waals surface area contributed by atoms with Crippen LogP contribution in [0, 0.1) is 0 Å². The van der Waals surface area contributed by atoms with Gasteiger partial charge in [0, 0.05) is 19.2 Å². The van der Waals surface area contributed by atoms with Crippen LogP contribution in [-0.2, 0) is 4.74 Å². The van der Waals surface area contributed by atoms with Crippen LogP contribution in [-0.4, -0.2) is 53.2 Å². The van der Waals surface area contributed by atoms with Gasteiger partial charge in [-0.25, -0.2) is 0 Å². The lowest BCUT2D eigenvalue weighted by molar-refractivity contribution is 0.00717. The van der Waals surface area contributed by atoms with E-state index in [1.807, 2.05) is 6.92 Å². The van der Waals surface area contributed by atoms with Crippen molar-refractivity contribution >= 4 is 5.78 Å². The molecule has 1 aromatic rings. The minimum Gasteiger partial charge on any atom is -0.508 e. The second kappa shape index (κ2) is 6.72. The van der Waals surface area contributed by atoms with E-state index in [4.69, 9.17) is 4.74 Å². The molecule has 5 heteroatoms. The van der Waals surface area contributed by atoms with E-state index in [0.29, 0.717) is 6.61 Å². The van der Waals surface area contributed by atoms with Gasteiger partial charge in [-0.15, -0.1) is 0 Å². The molecular weight excluding hydrogens is 258 g/mol. The lowest BCUT2D eigenvalue weighted by Gasteiger charge is -2.31. The number of phenolic OH excluding ortho intramolecular Hbond substituents is 2. The molecule has 1 unspecified atom stereocenters. The summed E-state index contributed by atoms with van der Waals surface area (Å²) in [6, 6.07) is 4.05. The number of nitrogens with zero attached hydrogens (tertiary/aromatic N) is 1. The number of Topliss-reactive ketones (excluding diaryl/α,β-unsaturated/α-hetero) is 1. The van der Waals surface area contributed by atoms with E-state index in [-0.39, 0.29) is 35.5 Å². The van der Waals surface area contributed by atoms with Crippen molar-refractivity contribution in [3.8, 4) is 11.5 Å². The number of likely N-dealkylation sites (tertiary alicyclic amines) is 1. The van der Waals surface area contributed by atoms with Gasteiger partial charge in [-0.2, -0.15) is 0 Å². The average molecular weight is 279 g/mol. The summed E-state index contributed by atoms with van der Waals surface area (Å²) in [6.07, 6.45) is 2.23. The van der Waals surface area contributed by atoms with Gasteiger partial charge < -0.3 is 14.9 Å². The Balaban J connectivity index is 1.97. The fourth-order valence-corrected chi connectivity index (χ4v) is 2.57. The Labute approximate surface area is 118 Å². The van der Waals surface area contributed by atoms with Gasteiger partial charge in [0.25, 0.3) is 0 Å². The smallest absolute Gasteiger partial charge is 0.180 e. The van der Waals surface area contributed by atoms with Gasteiger partial charge in [0.1, 0.15) is 11.5 Å². The fourth-order valence-electron chi connectivity index (χ4n) is 2.57. The van der Waals surface area contributed by atoms with Crippen molar-refractivity contribution in [1.82, 2.24) is 4.90 Å². The number of phenols is 2. The molecule has 110 valence electrons. The van der Waals surface area contributed by atoms with E-state index in [2.05, 4.69) is 4.90 Å². The summed E-state index contributed by atoms with van der Waals surface area (Å²) in [7, 11) is 0. The number of rotatable bonds is 5. The summed E-state index contributed by atoms with van der Waals surface area (Å²) in [5.74, 6) is -0.360. The molecule has 0 aliphatic carbocycles. The molecule has 2 N–H and O–H groups in total. The van der Waals surface area contributed by atoms with E-state index in [1.54, 1.807) is 0 Å². The third-order valence-electron chi connectivity index (χ3n) is 3.51. The molecule has 1 aromatic carbocycles. The number of ether oxygens (including phenoxy) is 1. The highest BCUT2D eigenvalue weighted by Crippen LogP contribution is 2.23. The maximum Gasteiger partial charge on any atom is 0.180 e. The standard InChI is InChI=1S/C15H21NO4/c1-2-20-12-4-3-7-16(9-12)10-15(19)13-6-5-11(17)8-14(13)18/h5-6,8,12,17-18H,2-4,7,9-10H2,1H3. The molecule has 0 spiro atoms. The van der Waals surface area contributed by atoms with Crippen molar-refractivity contribution in [2.24, 2.45) is 0 Å². The van der Waals surface area contributed by atoms with Crippen LogP contribution in [0.4, 0.5) is 0 Å². The molecule has 1 saturated heterocycles. The molecule has 0 radical (unpaired) electrons. The lowest BCUT2D eigenvalue weighted by atomic mass is 10.1. The van der Waals surface area contributed by atoms with Crippen molar-refractivity contribution in [3.63, 3.8) is 0 Å². The fraction of sp³-hybridized carbons (Fsp3) is 0.533. The van der Waals surface area contributed by atoms with Crippen LogP contribution < -0.4 is 0 Å². The first-order valence-electron chi connectivity index (χ1n) is 6.99. The van der Waals surface area contributed by atoms with Gasteiger partial charge in [-0.3, -0.25) is 9.69 Å². The van der Waals surface area contributed by atoms with Crippen molar-refractivity contribution < 1.29 is 19.7 Å². The van der Waals surface area contributed by atoms with Gasteiger partial charge in [-0.05, 0) is 38.4 Å². The third kappa shape index (κ3) is 3.71. The molecule has 0 aromatic heterocycles. The normalized spacial score (nSPS) is 19.9. The summed E-state index contributed by atoms with van der Waals surface area (Å²) in [5.41, 5.74) is 0.251. The molecule has 0 saturated carbocycles. The Bertz CT molecular complexity index is 473. The predicted octanol–water partition coefficient (Wildman–Crippen LogP) is 1.78. The maximum atomic E-state index is 12.2. The van der Waals surface area contributed by atoms with Gasteiger partial charge in [-0.1, -0.05) is 0 Å². The molecule has 1 aliphatic rings. The molecule has 0 bridgehead atoms. The molecule has 1 heterocycles. The van der Waals surface area contributed by atoms with E-state index in [9.17, 15) is 15.0 Å². The highest BCUT2D eigenvalue weighted by Gasteiger charge is 2.23. The molecule has 2 rings (SSSR count). The minimum atomic E-state index is -0.173. The highest BCUT2D eigenvalue weighted by molar-refractivity contribution is 6.00. The summed E-state index contributed by atoms with van der Waals surface area (Å²) in [6.45, 7) is 4.54. The number of benzene rings is 1. The zero-order chi connectivity index (χ0) is 14.5. The average Bonchev–Trinajstić information content (AvgIpc) is 2.39. The van der Waals surface area contributed by atoms with Crippen molar-refractivity contribution in [1.29, 1.82) is 0 Å². The van der Waals surface area contributed by atoms with E-state index >= 15 is 0 Å². The minimum absolute atomic E-state index is 0.0477. The van der Waals surface area contributed by atoms with Gasteiger partial charge in [0.15, 0.2) is 5.78 Å². The molecule has 5 nitrogen and oxygen atoms in total. The Morgan fingerprint density at radius 1 is 1.45 bits per heavy atom. The van der Waals surface area contributed by atoms with E-state index in [0.717, 1.165) is 25.9 Å². The first-order valence-corrected chi connectivity index (χ1v) is 6.99. The van der Waals surface area contributed by atoms with Gasteiger partial charge >= 0.3 is 0 Å². The third-order valence-corrected chi connectivity index (χ3v) is 3.51. The zero-order valence-corrected chi connectivity index (χ0v) is 11.7. The Morgan fingerprint density at radius 2 is 2.25 bits per heavy atom. The Hall–Kier alpha value is -1.59. The van der Waals surface area contributed by atoms with Crippen LogP contribution in [0.5, 0.6) is 11.5 Å². The predicted molar refractivity (Wildman–Crippen MR) is 75.2 cm³/mol. The van der Waals surface area contributed by atoms with Crippen LogP contribution in [0.1, 0.15) is 30.1 Å². The topological polar surface area (TPSA) is 70.0 Å². The number of aromatic hydroxyl groups is 2. The van der Waals surface area contributed by atoms with Gasteiger partial charge in [0.2, 0.25) is 0 Å². The van der Waals surface area contributed by atoms with Crippen LogP contribution in [0.2, 0.25) is 0 Å². The lowest BCUT2D eigenvalue weighted by Crippen LogP contribution is -2.42. The molecule has 20 heavy (non-hydrogen) atoms. The highest BCUT2D eigenvalue weighted by atomic mass is 16.5. The number of piperidine rings is 1. The van der Waals surface area contributed by atoms with Crippen LogP contribution in [0.25, 0.3) is 0 Å².